The molecule has 0 fully saturated rings. The third-order valence-corrected chi connectivity index (χ3v) is 3.30. The van der Waals surface area contributed by atoms with Gasteiger partial charge in [-0.05, 0) is 36.6 Å². The van der Waals surface area contributed by atoms with E-state index in [4.69, 9.17) is 5.11 Å². The van der Waals surface area contributed by atoms with Gasteiger partial charge in [-0.1, -0.05) is 27.7 Å². The van der Waals surface area contributed by atoms with Crippen molar-refractivity contribution >= 4 is 5.97 Å². The number of aliphatic carboxylic acids is 1. The van der Waals surface area contributed by atoms with Crippen LogP contribution in [0.5, 0.6) is 0 Å². The molecule has 0 saturated carbocycles. The average Bonchev–Trinajstić information content (AvgIpc) is 2.28. The molecule has 0 aliphatic heterocycles. The largest absolute Gasteiger partial charge is 0.480 e. The summed E-state index contributed by atoms with van der Waals surface area (Å²) in [6, 6.07) is 3.61. The number of carboxylic acids is 1. The number of pyridine rings is 1. The minimum absolute atomic E-state index is 0.0766. The Morgan fingerprint density at radius 2 is 2.11 bits per heavy atom. The molecule has 0 unspecified atom stereocenters. The van der Waals surface area contributed by atoms with Gasteiger partial charge in [0, 0.05) is 12.7 Å². The third-order valence-electron chi connectivity index (χ3n) is 3.30. The Labute approximate surface area is 115 Å². The van der Waals surface area contributed by atoms with E-state index in [1.807, 2.05) is 24.9 Å². The van der Waals surface area contributed by atoms with Gasteiger partial charge in [0.05, 0.1) is 5.69 Å². The molecule has 0 spiro atoms. The topological polar surface area (TPSA) is 53.4 Å². The highest BCUT2D eigenvalue weighted by atomic mass is 16.4. The molecule has 1 heterocycles. The number of nitrogens with zero attached hydrogens (tertiary/aromatic N) is 2. The van der Waals surface area contributed by atoms with E-state index in [1.54, 1.807) is 6.20 Å². The van der Waals surface area contributed by atoms with Gasteiger partial charge < -0.3 is 5.11 Å². The zero-order valence-corrected chi connectivity index (χ0v) is 12.5. The fourth-order valence-corrected chi connectivity index (χ4v) is 2.07. The summed E-state index contributed by atoms with van der Waals surface area (Å²) in [4.78, 5) is 17.3. The van der Waals surface area contributed by atoms with Crippen LogP contribution in [0, 0.1) is 0 Å². The first-order valence-electron chi connectivity index (χ1n) is 6.64. The Balaban J connectivity index is 2.85. The number of carboxylic acid groups (broad SMARTS) is 1. The van der Waals surface area contributed by atoms with Crippen molar-refractivity contribution in [1.29, 1.82) is 0 Å². The Morgan fingerprint density at radius 3 is 2.58 bits per heavy atom. The van der Waals surface area contributed by atoms with Gasteiger partial charge in [0.15, 0.2) is 0 Å². The molecule has 0 bridgehead atoms. The standard InChI is InChI=1S/C15H24N2O2/c1-6-13(14(18)19)17(5)10-12-9-11(7-8-16-12)15(2,3)4/h7-9,13H,6,10H2,1-5H3,(H,18,19)/t13-/m1/s1. The summed E-state index contributed by atoms with van der Waals surface area (Å²) in [5.74, 6) is -0.781. The third kappa shape index (κ3) is 4.31. The highest BCUT2D eigenvalue weighted by Gasteiger charge is 2.21. The Hall–Kier alpha value is -1.42. The highest BCUT2D eigenvalue weighted by molar-refractivity contribution is 5.73. The van der Waals surface area contributed by atoms with Crippen molar-refractivity contribution in [3.05, 3.63) is 29.6 Å². The van der Waals surface area contributed by atoms with Crippen molar-refractivity contribution in [1.82, 2.24) is 9.88 Å². The lowest BCUT2D eigenvalue weighted by atomic mass is 9.87. The molecule has 1 N–H and O–H groups in total. The normalized spacial score (nSPS) is 13.6. The molecule has 0 radical (unpaired) electrons. The maximum Gasteiger partial charge on any atom is 0.320 e. The number of likely N-dealkylation sites (N-methyl/N-ethyl adjacent to an activating group) is 1. The van der Waals surface area contributed by atoms with Crippen molar-refractivity contribution in [2.75, 3.05) is 7.05 Å². The molecule has 106 valence electrons. The molecule has 0 aliphatic rings. The van der Waals surface area contributed by atoms with Gasteiger partial charge in [-0.25, -0.2) is 0 Å². The predicted molar refractivity (Wildman–Crippen MR) is 76.1 cm³/mol. The second kappa shape index (κ2) is 6.15. The molecule has 4 heteroatoms. The number of rotatable bonds is 5. The fourth-order valence-electron chi connectivity index (χ4n) is 2.07. The summed E-state index contributed by atoms with van der Waals surface area (Å²) < 4.78 is 0. The van der Waals surface area contributed by atoms with Crippen LogP contribution in [0.1, 0.15) is 45.4 Å². The summed E-state index contributed by atoms with van der Waals surface area (Å²) in [5, 5.41) is 9.14. The predicted octanol–water partition coefficient (Wildman–Crippen LogP) is 2.67. The van der Waals surface area contributed by atoms with Gasteiger partial charge in [0.1, 0.15) is 6.04 Å². The summed E-state index contributed by atoms with van der Waals surface area (Å²) in [6.45, 7) is 8.90. The minimum atomic E-state index is -0.781. The van der Waals surface area contributed by atoms with E-state index in [9.17, 15) is 4.79 Å². The summed E-state index contributed by atoms with van der Waals surface area (Å²) in [6.07, 6.45) is 2.39. The van der Waals surface area contributed by atoms with E-state index in [2.05, 4.69) is 31.8 Å². The van der Waals surface area contributed by atoms with Crippen molar-refractivity contribution < 1.29 is 9.90 Å². The van der Waals surface area contributed by atoms with Crippen molar-refractivity contribution in [3.63, 3.8) is 0 Å². The lowest BCUT2D eigenvalue weighted by Crippen LogP contribution is -2.37. The smallest absolute Gasteiger partial charge is 0.320 e. The maximum absolute atomic E-state index is 11.1. The maximum atomic E-state index is 11.1. The lowest BCUT2D eigenvalue weighted by molar-refractivity contribution is -0.143. The molecule has 0 aromatic carbocycles. The fraction of sp³-hybridized carbons (Fsp3) is 0.600. The average molecular weight is 264 g/mol. The van der Waals surface area contributed by atoms with Crippen LogP contribution in [0.25, 0.3) is 0 Å². The molecule has 0 saturated heterocycles. The highest BCUT2D eigenvalue weighted by Crippen LogP contribution is 2.22. The molecular weight excluding hydrogens is 240 g/mol. The number of carbonyl (C=O) groups is 1. The summed E-state index contributed by atoms with van der Waals surface area (Å²) >= 11 is 0. The van der Waals surface area contributed by atoms with Crippen LogP contribution in [-0.4, -0.2) is 34.0 Å². The quantitative estimate of drug-likeness (QED) is 0.888. The van der Waals surface area contributed by atoms with Gasteiger partial charge >= 0.3 is 5.97 Å². The van der Waals surface area contributed by atoms with Crippen LogP contribution >= 0.6 is 0 Å². The molecule has 1 rings (SSSR count). The molecular formula is C15H24N2O2. The van der Waals surface area contributed by atoms with E-state index in [0.717, 1.165) is 5.69 Å². The molecule has 4 nitrogen and oxygen atoms in total. The van der Waals surface area contributed by atoms with Crippen molar-refractivity contribution in [2.24, 2.45) is 0 Å². The van der Waals surface area contributed by atoms with Gasteiger partial charge in [-0.2, -0.15) is 0 Å². The molecule has 0 aliphatic carbocycles. The first-order valence-corrected chi connectivity index (χ1v) is 6.64. The van der Waals surface area contributed by atoms with Gasteiger partial charge in [0.2, 0.25) is 0 Å². The van der Waals surface area contributed by atoms with E-state index in [-0.39, 0.29) is 5.41 Å². The second-order valence-electron chi connectivity index (χ2n) is 5.96. The van der Waals surface area contributed by atoms with Gasteiger partial charge in [0.25, 0.3) is 0 Å². The van der Waals surface area contributed by atoms with Crippen LogP contribution < -0.4 is 0 Å². The molecule has 1 aromatic rings. The Morgan fingerprint density at radius 1 is 1.47 bits per heavy atom. The Bertz CT molecular complexity index is 438. The van der Waals surface area contributed by atoms with E-state index in [1.165, 1.54) is 5.56 Å². The first-order chi connectivity index (χ1) is 8.75. The number of aromatic nitrogens is 1. The van der Waals surface area contributed by atoms with Crippen LogP contribution in [0.3, 0.4) is 0 Å². The zero-order valence-electron chi connectivity index (χ0n) is 12.5. The van der Waals surface area contributed by atoms with Crippen LogP contribution in [-0.2, 0) is 16.8 Å². The Kier molecular flexibility index (Phi) is 5.06. The van der Waals surface area contributed by atoms with Crippen LogP contribution in [0.4, 0.5) is 0 Å². The molecule has 19 heavy (non-hydrogen) atoms. The molecule has 1 aromatic heterocycles. The van der Waals surface area contributed by atoms with Crippen molar-refractivity contribution in [2.45, 2.75) is 52.1 Å². The van der Waals surface area contributed by atoms with Gasteiger partial charge in [-0.15, -0.1) is 0 Å². The summed E-state index contributed by atoms with van der Waals surface area (Å²) in [5.41, 5.74) is 2.21. The van der Waals surface area contributed by atoms with Crippen LogP contribution in [0.2, 0.25) is 0 Å². The van der Waals surface area contributed by atoms with E-state index < -0.39 is 12.0 Å². The lowest BCUT2D eigenvalue weighted by Gasteiger charge is -2.24. The second-order valence-corrected chi connectivity index (χ2v) is 5.96. The summed E-state index contributed by atoms with van der Waals surface area (Å²) in [7, 11) is 1.83. The minimum Gasteiger partial charge on any atom is -0.480 e. The van der Waals surface area contributed by atoms with E-state index in [0.29, 0.717) is 13.0 Å². The van der Waals surface area contributed by atoms with Gasteiger partial charge in [-0.3, -0.25) is 14.7 Å². The van der Waals surface area contributed by atoms with E-state index >= 15 is 0 Å². The van der Waals surface area contributed by atoms with Crippen molar-refractivity contribution in [3.8, 4) is 0 Å². The monoisotopic (exact) mass is 264 g/mol. The first kappa shape index (κ1) is 15.6. The molecule has 0 amide bonds. The van der Waals surface area contributed by atoms with Crippen LogP contribution in [0.15, 0.2) is 18.3 Å². The SMILES string of the molecule is CC[C@H](C(=O)O)N(C)Cc1cc(C(C)(C)C)ccn1. The zero-order chi connectivity index (χ0) is 14.6. The molecule has 1 atom stereocenters. The number of hydrogen-bond acceptors (Lipinski definition) is 3. The number of hydrogen-bond donors (Lipinski definition) is 1.